The Hall–Kier alpha value is -1.94. The summed E-state index contributed by atoms with van der Waals surface area (Å²) in [5.74, 6) is -1.30. The number of aliphatic hydroxyl groups is 1. The first-order valence-electron chi connectivity index (χ1n) is 42.2. The van der Waals surface area contributed by atoms with Crippen molar-refractivity contribution in [1.29, 1.82) is 0 Å². The van der Waals surface area contributed by atoms with Crippen molar-refractivity contribution in [3.8, 4) is 0 Å². The normalized spacial score (nSPS) is 14.1. The summed E-state index contributed by atoms with van der Waals surface area (Å²) in [4.78, 5) is 73.0. The zero-order chi connectivity index (χ0) is 73.4. The van der Waals surface area contributed by atoms with E-state index in [2.05, 4.69) is 34.6 Å². The Morgan fingerprint density at radius 1 is 0.280 bits per heavy atom. The first-order valence-corrected chi connectivity index (χ1v) is 45.2. The van der Waals surface area contributed by atoms with Gasteiger partial charge in [0.05, 0.1) is 26.4 Å². The van der Waals surface area contributed by atoms with Gasteiger partial charge < -0.3 is 33.8 Å². The molecule has 3 unspecified atom stereocenters. The van der Waals surface area contributed by atoms with E-state index in [0.717, 1.165) is 95.8 Å². The van der Waals surface area contributed by atoms with Crippen LogP contribution in [0.25, 0.3) is 0 Å². The van der Waals surface area contributed by atoms with Gasteiger partial charge in [-0.1, -0.05) is 381 Å². The lowest BCUT2D eigenvalue weighted by atomic mass is 9.99. The second kappa shape index (κ2) is 73.9. The van der Waals surface area contributed by atoms with Gasteiger partial charge in [0.25, 0.3) is 0 Å². The molecule has 0 radical (unpaired) electrons. The third-order valence-electron chi connectivity index (χ3n) is 19.4. The number of phosphoric acid groups is 2. The van der Waals surface area contributed by atoms with Gasteiger partial charge in [0.1, 0.15) is 19.3 Å². The van der Waals surface area contributed by atoms with E-state index in [0.29, 0.717) is 25.7 Å². The van der Waals surface area contributed by atoms with Gasteiger partial charge in [-0.3, -0.25) is 37.3 Å². The SMILES string of the molecule is CCCCCCCCCCCCCCCCCCCCCCC(=O)O[C@H](COC(=O)CCCCCCCCCCCCCCCCCCC)COP(=O)(O)OC[C@@H](O)COP(=O)(O)OC[C@@H](COC(=O)CCCCCCCCCCC)OC(=O)CCCCCCCCCCCCC(C)CC. The summed E-state index contributed by atoms with van der Waals surface area (Å²) in [7, 11) is -9.92. The largest absolute Gasteiger partial charge is 0.472 e. The fourth-order valence-corrected chi connectivity index (χ4v) is 14.1. The van der Waals surface area contributed by atoms with Crippen LogP contribution in [-0.4, -0.2) is 96.7 Å². The molecule has 0 saturated carbocycles. The van der Waals surface area contributed by atoms with Crippen molar-refractivity contribution in [2.45, 2.75) is 451 Å². The molecule has 0 aliphatic heterocycles. The number of ether oxygens (including phenoxy) is 4. The van der Waals surface area contributed by atoms with Gasteiger partial charge in [-0.25, -0.2) is 9.13 Å². The summed E-state index contributed by atoms with van der Waals surface area (Å²) in [6, 6.07) is 0. The second-order valence-corrected chi connectivity index (χ2v) is 32.3. The summed E-state index contributed by atoms with van der Waals surface area (Å²) in [6.07, 6.45) is 65.2. The van der Waals surface area contributed by atoms with Crippen molar-refractivity contribution in [2.24, 2.45) is 5.92 Å². The molecule has 0 aromatic carbocycles. The van der Waals surface area contributed by atoms with Crippen LogP contribution >= 0.6 is 15.6 Å². The van der Waals surface area contributed by atoms with E-state index < -0.39 is 97.5 Å². The molecule has 0 heterocycles. The predicted molar refractivity (Wildman–Crippen MR) is 409 cm³/mol. The Kier molecular flexibility index (Phi) is 72.5. The summed E-state index contributed by atoms with van der Waals surface area (Å²) in [6.45, 7) is 7.34. The molecule has 0 rings (SSSR count). The monoisotopic (exact) mass is 1470 g/mol. The van der Waals surface area contributed by atoms with Crippen molar-refractivity contribution in [3.63, 3.8) is 0 Å². The highest BCUT2D eigenvalue weighted by Gasteiger charge is 2.30. The predicted octanol–water partition coefficient (Wildman–Crippen LogP) is 24.4. The second-order valence-electron chi connectivity index (χ2n) is 29.4. The van der Waals surface area contributed by atoms with Crippen LogP contribution in [0.15, 0.2) is 0 Å². The molecule has 0 spiro atoms. The maximum absolute atomic E-state index is 13.1. The minimum atomic E-state index is -4.96. The maximum Gasteiger partial charge on any atom is 0.472 e. The molecule has 0 bridgehead atoms. The van der Waals surface area contributed by atoms with Gasteiger partial charge in [0, 0.05) is 25.7 Å². The van der Waals surface area contributed by atoms with Crippen LogP contribution in [0.3, 0.4) is 0 Å². The van der Waals surface area contributed by atoms with Gasteiger partial charge in [-0.2, -0.15) is 0 Å². The first-order chi connectivity index (χ1) is 48.6. The number of esters is 4. The van der Waals surface area contributed by atoms with Crippen LogP contribution in [0, 0.1) is 5.92 Å². The van der Waals surface area contributed by atoms with Crippen LogP contribution in [-0.2, 0) is 65.4 Å². The lowest BCUT2D eigenvalue weighted by Crippen LogP contribution is -2.30. The lowest BCUT2D eigenvalue weighted by molar-refractivity contribution is -0.161. The minimum Gasteiger partial charge on any atom is -0.462 e. The van der Waals surface area contributed by atoms with Crippen molar-refractivity contribution in [2.75, 3.05) is 39.6 Å². The third kappa shape index (κ3) is 73.0. The van der Waals surface area contributed by atoms with Crippen LogP contribution in [0.5, 0.6) is 0 Å². The van der Waals surface area contributed by atoms with Crippen LogP contribution < -0.4 is 0 Å². The summed E-state index contributed by atoms with van der Waals surface area (Å²) in [5, 5.41) is 10.6. The van der Waals surface area contributed by atoms with Crippen molar-refractivity contribution in [1.82, 2.24) is 0 Å². The fourth-order valence-electron chi connectivity index (χ4n) is 12.6. The number of phosphoric ester groups is 2. The van der Waals surface area contributed by atoms with Crippen LogP contribution in [0.2, 0.25) is 0 Å². The number of rotatable bonds is 81. The molecule has 0 aliphatic rings. The summed E-state index contributed by atoms with van der Waals surface area (Å²) in [5.41, 5.74) is 0. The molecule has 0 aromatic rings. The molecule has 0 saturated heterocycles. The van der Waals surface area contributed by atoms with E-state index in [1.807, 2.05) is 0 Å². The molecule has 3 N–H and O–H groups in total. The number of aliphatic hydroxyl groups excluding tert-OH is 1. The standard InChI is InChI=1S/C81H158O17P2/c1-6-10-13-16-19-22-24-26-28-30-31-32-34-36-38-40-46-51-56-61-66-80(85)97-77(71-92-79(84)65-60-55-50-45-39-37-35-33-29-27-25-23-20-17-14-11-7-2)73-96-100(89,90)94-69-75(82)68-93-99(87,88)95-72-76(70-91-78(83)64-59-54-49-43-21-18-15-12-8-3)98-81(86)67-62-57-52-47-42-41-44-48-53-58-63-74(5)9-4/h74-77,82H,6-73H2,1-5H3,(H,87,88)(H,89,90)/t74?,75-,76+,77+/m0/s1. The van der Waals surface area contributed by atoms with Gasteiger partial charge in [-0.15, -0.1) is 0 Å². The Morgan fingerprint density at radius 2 is 0.480 bits per heavy atom. The van der Waals surface area contributed by atoms with Crippen molar-refractivity contribution in [3.05, 3.63) is 0 Å². The Bertz CT molecular complexity index is 1910. The van der Waals surface area contributed by atoms with E-state index in [-0.39, 0.29) is 25.7 Å². The van der Waals surface area contributed by atoms with E-state index in [1.165, 1.54) is 257 Å². The molecule has 0 aliphatic carbocycles. The van der Waals surface area contributed by atoms with Crippen LogP contribution in [0.1, 0.15) is 433 Å². The van der Waals surface area contributed by atoms with Crippen molar-refractivity contribution >= 4 is 39.5 Å². The minimum absolute atomic E-state index is 0.107. The average molecular weight is 1470 g/mol. The van der Waals surface area contributed by atoms with Crippen LogP contribution in [0.4, 0.5) is 0 Å². The average Bonchev–Trinajstić information content (AvgIpc) is 0.963. The highest BCUT2D eigenvalue weighted by atomic mass is 31.2. The van der Waals surface area contributed by atoms with E-state index in [9.17, 15) is 43.2 Å². The van der Waals surface area contributed by atoms with E-state index in [1.54, 1.807) is 0 Å². The number of hydrogen-bond acceptors (Lipinski definition) is 15. The third-order valence-corrected chi connectivity index (χ3v) is 21.3. The lowest BCUT2D eigenvalue weighted by Gasteiger charge is -2.21. The molecule has 19 heteroatoms. The highest BCUT2D eigenvalue weighted by molar-refractivity contribution is 7.47. The molecule has 0 aromatic heterocycles. The molecule has 0 amide bonds. The topological polar surface area (TPSA) is 237 Å². The summed E-state index contributed by atoms with van der Waals surface area (Å²) >= 11 is 0. The van der Waals surface area contributed by atoms with Gasteiger partial charge >= 0.3 is 39.5 Å². The molecule has 17 nitrogen and oxygen atoms in total. The Morgan fingerprint density at radius 3 is 0.710 bits per heavy atom. The number of carbonyl (C=O) groups is 4. The smallest absolute Gasteiger partial charge is 0.462 e. The molecule has 594 valence electrons. The van der Waals surface area contributed by atoms with Crippen molar-refractivity contribution < 1.29 is 80.2 Å². The molecular weight excluding hydrogens is 1310 g/mol. The summed E-state index contributed by atoms with van der Waals surface area (Å²) < 4.78 is 68.7. The molecular formula is C81H158O17P2. The van der Waals surface area contributed by atoms with Gasteiger partial charge in [-0.05, 0) is 31.6 Å². The van der Waals surface area contributed by atoms with E-state index in [4.69, 9.17) is 37.0 Å². The Labute approximate surface area is 613 Å². The van der Waals surface area contributed by atoms with Gasteiger partial charge in [0.15, 0.2) is 12.2 Å². The molecule has 100 heavy (non-hydrogen) atoms. The zero-order valence-corrected chi connectivity index (χ0v) is 67.1. The number of hydrogen-bond donors (Lipinski definition) is 3. The number of unbranched alkanes of at least 4 members (excludes halogenated alkanes) is 52. The quantitative estimate of drug-likeness (QED) is 0.0222. The first kappa shape index (κ1) is 98.1. The highest BCUT2D eigenvalue weighted by Crippen LogP contribution is 2.45. The Balaban J connectivity index is 5.22. The molecule has 6 atom stereocenters. The maximum atomic E-state index is 13.1. The van der Waals surface area contributed by atoms with Gasteiger partial charge in [0.2, 0.25) is 0 Å². The number of carbonyl (C=O) groups excluding carboxylic acids is 4. The molecule has 0 fully saturated rings. The zero-order valence-electron chi connectivity index (χ0n) is 65.3. The van der Waals surface area contributed by atoms with E-state index >= 15 is 0 Å². The fraction of sp³-hybridized carbons (Fsp3) is 0.951.